The van der Waals surface area contributed by atoms with Crippen molar-refractivity contribution in [3.63, 3.8) is 0 Å². The predicted octanol–water partition coefficient (Wildman–Crippen LogP) is 4.76. The zero-order valence-corrected chi connectivity index (χ0v) is 18.6. The molecule has 0 aromatic carbocycles. The number of aliphatic carboxylic acids is 1. The van der Waals surface area contributed by atoms with Gasteiger partial charge in [-0.2, -0.15) is 0 Å². The molecule has 5 heteroatoms. The average molecular weight is 387 g/mol. The fourth-order valence-corrected chi connectivity index (χ4v) is 3.60. The number of aliphatic hydroxyl groups is 1. The highest BCUT2D eigenvalue weighted by molar-refractivity contribution is 5.74. The van der Waals surface area contributed by atoms with E-state index >= 15 is 0 Å². The third-order valence-corrected chi connectivity index (χ3v) is 6.10. The summed E-state index contributed by atoms with van der Waals surface area (Å²) in [5.41, 5.74) is 0. The number of rotatable bonds is 13. The summed E-state index contributed by atoms with van der Waals surface area (Å²) in [4.78, 5) is 24.2. The maximum atomic E-state index is 12.7. The number of carbonyl (C=O) groups excluding carboxylic acids is 1. The monoisotopic (exact) mass is 386 g/mol. The molecular weight excluding hydrogens is 344 g/mol. The largest absolute Gasteiger partial charge is 0.481 e. The van der Waals surface area contributed by atoms with E-state index in [9.17, 15) is 19.8 Å². The summed E-state index contributed by atoms with van der Waals surface area (Å²) >= 11 is 0. The van der Waals surface area contributed by atoms with Crippen molar-refractivity contribution in [2.45, 2.75) is 93.3 Å². The van der Waals surface area contributed by atoms with E-state index in [0.717, 1.165) is 25.7 Å². The molecule has 27 heavy (non-hydrogen) atoms. The molecule has 2 N–H and O–H groups in total. The van der Waals surface area contributed by atoms with Gasteiger partial charge in [-0.15, -0.1) is 0 Å². The van der Waals surface area contributed by atoms with Gasteiger partial charge in [-0.25, -0.2) is 0 Å². The van der Waals surface area contributed by atoms with Gasteiger partial charge in [0.25, 0.3) is 0 Å². The van der Waals surface area contributed by atoms with Crippen molar-refractivity contribution in [3.05, 3.63) is 0 Å². The Morgan fingerprint density at radius 2 is 1.26 bits per heavy atom. The molecule has 0 aromatic heterocycles. The van der Waals surface area contributed by atoms with Crippen LogP contribution in [0.1, 0.15) is 81.1 Å². The number of aliphatic hydroxyl groups excluding tert-OH is 1. The van der Waals surface area contributed by atoms with Gasteiger partial charge < -0.3 is 14.9 Å². The summed E-state index contributed by atoms with van der Waals surface area (Å²) in [5, 5.41) is 20.0. The van der Waals surface area contributed by atoms with Crippen LogP contribution in [0, 0.1) is 35.5 Å². The predicted molar refractivity (Wildman–Crippen MR) is 108 cm³/mol. The fraction of sp³-hybridized carbons (Fsp3) is 0.909. The second-order valence-corrected chi connectivity index (χ2v) is 8.76. The first-order chi connectivity index (χ1) is 12.5. The number of ether oxygens (including phenoxy) is 1. The van der Waals surface area contributed by atoms with Crippen LogP contribution in [0.4, 0.5) is 0 Å². The second-order valence-electron chi connectivity index (χ2n) is 8.76. The van der Waals surface area contributed by atoms with Crippen molar-refractivity contribution in [2.24, 2.45) is 35.5 Å². The van der Waals surface area contributed by atoms with Crippen molar-refractivity contribution < 1.29 is 24.5 Å². The zero-order valence-electron chi connectivity index (χ0n) is 18.6. The number of carboxylic acid groups (broad SMARTS) is 1. The zero-order chi connectivity index (χ0) is 21.3. The smallest absolute Gasteiger partial charge is 0.311 e. The van der Waals surface area contributed by atoms with Crippen LogP contribution in [0.5, 0.6) is 0 Å². The molecule has 0 bridgehead atoms. The minimum Gasteiger partial charge on any atom is -0.481 e. The molecule has 0 aromatic rings. The highest BCUT2D eigenvalue weighted by atomic mass is 16.5. The van der Waals surface area contributed by atoms with E-state index in [1.54, 1.807) is 13.8 Å². The highest BCUT2D eigenvalue weighted by Gasteiger charge is 2.36. The molecule has 160 valence electrons. The van der Waals surface area contributed by atoms with Crippen molar-refractivity contribution >= 4 is 11.9 Å². The average Bonchev–Trinajstić information content (AvgIpc) is 2.63. The third-order valence-electron chi connectivity index (χ3n) is 6.10. The van der Waals surface area contributed by atoms with Crippen LogP contribution in [-0.2, 0) is 14.3 Å². The molecule has 0 saturated heterocycles. The van der Waals surface area contributed by atoms with E-state index in [1.807, 2.05) is 13.8 Å². The van der Waals surface area contributed by atoms with Gasteiger partial charge >= 0.3 is 11.9 Å². The summed E-state index contributed by atoms with van der Waals surface area (Å²) < 4.78 is 5.67. The molecule has 0 aliphatic carbocycles. The van der Waals surface area contributed by atoms with Gasteiger partial charge in [0.05, 0.1) is 17.9 Å². The highest BCUT2D eigenvalue weighted by Crippen LogP contribution is 2.28. The van der Waals surface area contributed by atoms with Crippen LogP contribution >= 0.6 is 0 Å². The lowest BCUT2D eigenvalue weighted by molar-refractivity contribution is -0.169. The van der Waals surface area contributed by atoms with Gasteiger partial charge in [-0.3, -0.25) is 9.59 Å². The maximum absolute atomic E-state index is 12.7. The number of hydrogen-bond donors (Lipinski definition) is 2. The molecule has 0 fully saturated rings. The maximum Gasteiger partial charge on any atom is 0.311 e. The molecule has 0 aliphatic heterocycles. The van der Waals surface area contributed by atoms with Crippen LogP contribution in [0.2, 0.25) is 0 Å². The molecule has 0 heterocycles. The van der Waals surface area contributed by atoms with Crippen LogP contribution in [0.15, 0.2) is 0 Å². The van der Waals surface area contributed by atoms with E-state index < -0.39 is 36.0 Å². The first-order valence-electron chi connectivity index (χ1n) is 10.6. The van der Waals surface area contributed by atoms with E-state index in [4.69, 9.17) is 4.74 Å². The lowest BCUT2D eigenvalue weighted by atomic mass is 9.84. The number of carboxylic acids is 1. The summed E-state index contributed by atoms with van der Waals surface area (Å²) in [7, 11) is 0. The Balaban J connectivity index is 5.12. The molecule has 0 amide bonds. The molecule has 5 nitrogen and oxygen atoms in total. The van der Waals surface area contributed by atoms with E-state index in [0.29, 0.717) is 11.8 Å². The van der Waals surface area contributed by atoms with Crippen molar-refractivity contribution in [2.75, 3.05) is 0 Å². The van der Waals surface area contributed by atoms with Crippen molar-refractivity contribution in [1.82, 2.24) is 0 Å². The van der Waals surface area contributed by atoms with Crippen LogP contribution in [-0.4, -0.2) is 34.4 Å². The Morgan fingerprint density at radius 1 is 0.815 bits per heavy atom. The quantitative estimate of drug-likeness (QED) is 0.446. The standard InChI is InChI=1S/C22H42O5/c1-9-13(3)11-15(5)19(23)17(7)22(26)27-20(18(8)21(24)25)16(6)12-14(4)10-2/h13-20,23H,9-12H2,1-8H3,(H,24,25)/t13-,14+,15-,16+,17+,18+,19-,20+/m0/s1. The summed E-state index contributed by atoms with van der Waals surface area (Å²) in [6.45, 7) is 15.6. The summed E-state index contributed by atoms with van der Waals surface area (Å²) in [6.07, 6.45) is 2.18. The van der Waals surface area contributed by atoms with Crippen molar-refractivity contribution in [1.29, 1.82) is 0 Å². The Bertz CT molecular complexity index is 450. The summed E-state index contributed by atoms with van der Waals surface area (Å²) in [5.74, 6) is -2.10. The van der Waals surface area contributed by atoms with Crippen LogP contribution < -0.4 is 0 Å². The van der Waals surface area contributed by atoms with Gasteiger partial charge in [0.15, 0.2) is 0 Å². The first kappa shape index (κ1) is 25.9. The number of carbonyl (C=O) groups is 2. The third kappa shape index (κ3) is 8.63. The summed E-state index contributed by atoms with van der Waals surface area (Å²) in [6, 6.07) is 0. The topological polar surface area (TPSA) is 83.8 Å². The van der Waals surface area contributed by atoms with Gasteiger partial charge in [0.2, 0.25) is 0 Å². The fourth-order valence-electron chi connectivity index (χ4n) is 3.60. The van der Waals surface area contributed by atoms with Gasteiger partial charge in [0, 0.05) is 0 Å². The molecule has 0 rings (SSSR count). The lowest BCUT2D eigenvalue weighted by Crippen LogP contribution is -2.40. The Morgan fingerprint density at radius 3 is 1.67 bits per heavy atom. The van der Waals surface area contributed by atoms with Crippen LogP contribution in [0.3, 0.4) is 0 Å². The molecule has 0 radical (unpaired) electrons. The second kappa shape index (κ2) is 12.4. The van der Waals surface area contributed by atoms with Gasteiger partial charge in [-0.05, 0) is 50.4 Å². The Hall–Kier alpha value is -1.10. The SMILES string of the molecule is CC[C@@H](C)C[C@@H](C)[C@@H](OC(=O)[C@H](C)[C@@H](O)[C@@H](C)C[C@@H](C)CC)[C@@H](C)C(=O)O. The lowest BCUT2D eigenvalue weighted by Gasteiger charge is -2.31. The molecule has 0 saturated carbocycles. The minimum atomic E-state index is -0.970. The van der Waals surface area contributed by atoms with Gasteiger partial charge in [0.1, 0.15) is 6.10 Å². The normalized spacial score (nSPS) is 20.6. The Labute approximate surface area is 165 Å². The minimum absolute atomic E-state index is 0.0182. The number of esters is 1. The first-order valence-corrected chi connectivity index (χ1v) is 10.6. The molecule has 8 atom stereocenters. The molecular formula is C22H42O5. The molecule has 0 unspecified atom stereocenters. The van der Waals surface area contributed by atoms with Crippen LogP contribution in [0.25, 0.3) is 0 Å². The van der Waals surface area contributed by atoms with E-state index in [2.05, 4.69) is 27.7 Å². The number of hydrogen-bond acceptors (Lipinski definition) is 4. The molecule has 0 spiro atoms. The van der Waals surface area contributed by atoms with Gasteiger partial charge in [-0.1, -0.05) is 54.4 Å². The molecule has 0 aliphatic rings. The van der Waals surface area contributed by atoms with E-state index in [-0.39, 0.29) is 11.8 Å². The van der Waals surface area contributed by atoms with E-state index in [1.165, 1.54) is 0 Å². The van der Waals surface area contributed by atoms with Crippen molar-refractivity contribution in [3.8, 4) is 0 Å². The Kier molecular flexibility index (Phi) is 11.9.